The molecule has 3 aromatic carbocycles. The summed E-state index contributed by atoms with van der Waals surface area (Å²) in [6, 6.07) is 26.0. The number of hydrogen-bond donors (Lipinski definition) is 2. The molecule has 5 aromatic rings. The van der Waals surface area contributed by atoms with Gasteiger partial charge in [0.2, 0.25) is 0 Å². The van der Waals surface area contributed by atoms with Crippen LogP contribution in [-0.2, 0) is 4.79 Å². The van der Waals surface area contributed by atoms with Crippen molar-refractivity contribution < 1.29 is 14.6 Å². The number of fused-ring (bicyclic) bond motifs is 1. The van der Waals surface area contributed by atoms with Gasteiger partial charge in [0.25, 0.3) is 0 Å². The number of carbonyl (C=O) groups is 1. The van der Waals surface area contributed by atoms with Crippen molar-refractivity contribution in [2.75, 3.05) is 0 Å². The SMILES string of the molecule is CC/C(=C(/c1ccc(/C=C/C(=O)O)cc1)c1ccc2[nH]ncc2c1)c1cccc(Oc2ccncc2)c1. The van der Waals surface area contributed by atoms with Crippen LogP contribution in [0.5, 0.6) is 11.5 Å². The van der Waals surface area contributed by atoms with Crippen molar-refractivity contribution in [3.63, 3.8) is 0 Å². The molecule has 5 rings (SSSR count). The smallest absolute Gasteiger partial charge is 0.328 e. The fraction of sp³-hybridized carbons (Fsp3) is 0.0645. The summed E-state index contributed by atoms with van der Waals surface area (Å²) in [7, 11) is 0. The van der Waals surface area contributed by atoms with E-state index in [1.807, 2.05) is 60.8 Å². The van der Waals surface area contributed by atoms with E-state index in [-0.39, 0.29) is 0 Å². The Kier molecular flexibility index (Phi) is 6.90. The van der Waals surface area contributed by atoms with Crippen molar-refractivity contribution in [1.29, 1.82) is 0 Å². The number of ether oxygens (including phenoxy) is 1. The van der Waals surface area contributed by atoms with Crippen LogP contribution >= 0.6 is 0 Å². The zero-order valence-electron chi connectivity index (χ0n) is 20.3. The van der Waals surface area contributed by atoms with Gasteiger partial charge in [0, 0.05) is 23.9 Å². The van der Waals surface area contributed by atoms with Gasteiger partial charge in [-0.3, -0.25) is 10.1 Å². The summed E-state index contributed by atoms with van der Waals surface area (Å²) < 4.78 is 6.08. The van der Waals surface area contributed by atoms with E-state index in [2.05, 4.69) is 46.4 Å². The van der Waals surface area contributed by atoms with Crippen molar-refractivity contribution in [3.8, 4) is 11.5 Å². The van der Waals surface area contributed by atoms with E-state index < -0.39 is 5.97 Å². The summed E-state index contributed by atoms with van der Waals surface area (Å²) in [4.78, 5) is 15.0. The van der Waals surface area contributed by atoms with E-state index in [1.54, 1.807) is 18.5 Å². The lowest BCUT2D eigenvalue weighted by molar-refractivity contribution is -0.131. The molecule has 37 heavy (non-hydrogen) atoms. The number of allylic oxidation sites excluding steroid dienone is 1. The molecule has 0 aliphatic carbocycles. The predicted octanol–water partition coefficient (Wildman–Crippen LogP) is 7.22. The Labute approximate surface area is 214 Å². The van der Waals surface area contributed by atoms with Gasteiger partial charge in [-0.25, -0.2) is 4.79 Å². The van der Waals surface area contributed by atoms with E-state index in [0.29, 0.717) is 0 Å². The molecule has 0 fully saturated rings. The summed E-state index contributed by atoms with van der Waals surface area (Å²) in [6.45, 7) is 2.14. The maximum Gasteiger partial charge on any atom is 0.328 e. The molecule has 0 aliphatic heterocycles. The van der Waals surface area contributed by atoms with Gasteiger partial charge in [-0.2, -0.15) is 5.10 Å². The highest BCUT2D eigenvalue weighted by molar-refractivity contribution is 6.00. The number of aromatic nitrogens is 3. The minimum atomic E-state index is -0.972. The minimum absolute atomic E-state index is 0.727. The molecule has 0 saturated carbocycles. The second kappa shape index (κ2) is 10.7. The third kappa shape index (κ3) is 5.49. The van der Waals surface area contributed by atoms with Crippen LogP contribution < -0.4 is 4.74 Å². The van der Waals surface area contributed by atoms with Gasteiger partial charge in [0.1, 0.15) is 11.5 Å². The standard InChI is InChI=1S/C31H25N3O3/c1-2-28(23-4-3-5-27(19-23)37-26-14-16-32-17-15-26)31(24-11-12-29-25(18-24)20-33-34-29)22-9-6-21(7-10-22)8-13-30(35)36/h3-20H,2H2,1H3,(H,33,34)(H,35,36)/b13-8+,31-28+. The van der Waals surface area contributed by atoms with Gasteiger partial charge in [0.15, 0.2) is 0 Å². The number of carboxylic acid groups (broad SMARTS) is 1. The fourth-order valence-corrected chi connectivity index (χ4v) is 4.36. The third-order valence-corrected chi connectivity index (χ3v) is 6.07. The average molecular weight is 488 g/mol. The van der Waals surface area contributed by atoms with Gasteiger partial charge < -0.3 is 9.84 Å². The van der Waals surface area contributed by atoms with Crippen LogP contribution in [0.4, 0.5) is 0 Å². The number of hydrogen-bond acceptors (Lipinski definition) is 4. The van der Waals surface area contributed by atoms with Gasteiger partial charge in [0.05, 0.1) is 11.7 Å². The topological polar surface area (TPSA) is 88.1 Å². The lowest BCUT2D eigenvalue weighted by Crippen LogP contribution is -1.96. The van der Waals surface area contributed by atoms with Crippen molar-refractivity contribution >= 4 is 34.1 Å². The van der Waals surface area contributed by atoms with Gasteiger partial charge >= 0.3 is 5.97 Å². The lowest BCUT2D eigenvalue weighted by Gasteiger charge is -2.17. The number of H-pyrrole nitrogens is 1. The number of nitrogens with zero attached hydrogens (tertiary/aromatic N) is 2. The molecule has 2 N–H and O–H groups in total. The summed E-state index contributed by atoms with van der Waals surface area (Å²) in [5, 5.41) is 17.2. The zero-order valence-corrected chi connectivity index (χ0v) is 20.3. The molecule has 0 bridgehead atoms. The molecule has 2 heterocycles. The number of aliphatic carboxylic acids is 1. The number of aromatic amines is 1. The molecular formula is C31H25N3O3. The maximum atomic E-state index is 10.9. The number of benzene rings is 3. The number of nitrogens with one attached hydrogen (secondary N) is 1. The second-order valence-corrected chi connectivity index (χ2v) is 8.49. The molecular weight excluding hydrogens is 462 g/mol. The monoisotopic (exact) mass is 487 g/mol. The van der Waals surface area contributed by atoms with Crippen molar-refractivity contribution in [2.45, 2.75) is 13.3 Å². The van der Waals surface area contributed by atoms with Crippen LogP contribution in [0.2, 0.25) is 0 Å². The van der Waals surface area contributed by atoms with E-state index in [0.717, 1.165) is 68.3 Å². The number of pyridine rings is 1. The summed E-state index contributed by atoms with van der Waals surface area (Å²) in [6.07, 6.45) is 8.76. The normalized spacial score (nSPS) is 12.0. The lowest BCUT2D eigenvalue weighted by atomic mass is 9.87. The van der Waals surface area contributed by atoms with Crippen LogP contribution in [0, 0.1) is 0 Å². The van der Waals surface area contributed by atoms with Crippen LogP contribution in [-0.4, -0.2) is 26.3 Å². The van der Waals surface area contributed by atoms with Gasteiger partial charge in [-0.1, -0.05) is 49.4 Å². The Morgan fingerprint density at radius 2 is 1.70 bits per heavy atom. The summed E-state index contributed by atoms with van der Waals surface area (Å²) in [5.41, 5.74) is 7.22. The van der Waals surface area contributed by atoms with E-state index in [4.69, 9.17) is 9.84 Å². The Morgan fingerprint density at radius 3 is 2.46 bits per heavy atom. The van der Waals surface area contributed by atoms with E-state index in [9.17, 15) is 4.79 Å². The first-order valence-corrected chi connectivity index (χ1v) is 12.0. The average Bonchev–Trinajstić information content (AvgIpc) is 3.40. The Bertz CT molecular complexity index is 1600. The summed E-state index contributed by atoms with van der Waals surface area (Å²) in [5.74, 6) is 0.499. The molecule has 2 aromatic heterocycles. The molecule has 0 amide bonds. The molecule has 6 heteroatoms. The molecule has 0 unspecified atom stereocenters. The van der Waals surface area contributed by atoms with Crippen LogP contribution in [0.1, 0.15) is 35.6 Å². The van der Waals surface area contributed by atoms with Crippen LogP contribution in [0.3, 0.4) is 0 Å². The van der Waals surface area contributed by atoms with E-state index in [1.165, 1.54) is 0 Å². The highest BCUT2D eigenvalue weighted by atomic mass is 16.5. The van der Waals surface area contributed by atoms with Gasteiger partial charge in [-0.15, -0.1) is 0 Å². The molecule has 0 radical (unpaired) electrons. The molecule has 0 aliphatic rings. The minimum Gasteiger partial charge on any atom is -0.478 e. The third-order valence-electron chi connectivity index (χ3n) is 6.07. The molecule has 0 saturated heterocycles. The molecule has 6 nitrogen and oxygen atoms in total. The largest absolute Gasteiger partial charge is 0.478 e. The molecule has 0 atom stereocenters. The Balaban J connectivity index is 1.63. The Hall–Kier alpha value is -4.97. The number of rotatable bonds is 8. The van der Waals surface area contributed by atoms with Crippen molar-refractivity contribution in [3.05, 3.63) is 126 Å². The molecule has 0 spiro atoms. The maximum absolute atomic E-state index is 10.9. The first-order chi connectivity index (χ1) is 18.1. The van der Waals surface area contributed by atoms with E-state index >= 15 is 0 Å². The second-order valence-electron chi connectivity index (χ2n) is 8.49. The van der Waals surface area contributed by atoms with Gasteiger partial charge in [-0.05, 0) is 82.3 Å². The van der Waals surface area contributed by atoms with Crippen molar-refractivity contribution in [2.24, 2.45) is 0 Å². The fourth-order valence-electron chi connectivity index (χ4n) is 4.36. The highest BCUT2D eigenvalue weighted by Crippen LogP contribution is 2.37. The quantitative estimate of drug-likeness (QED) is 0.178. The first kappa shape index (κ1) is 23.8. The Morgan fingerprint density at radius 1 is 0.919 bits per heavy atom. The molecule has 182 valence electrons. The summed E-state index contributed by atoms with van der Waals surface area (Å²) >= 11 is 0. The number of carboxylic acids is 1. The first-order valence-electron chi connectivity index (χ1n) is 12.0. The predicted molar refractivity (Wildman–Crippen MR) is 146 cm³/mol. The zero-order chi connectivity index (χ0) is 25.6. The highest BCUT2D eigenvalue weighted by Gasteiger charge is 2.15. The van der Waals surface area contributed by atoms with Crippen molar-refractivity contribution in [1.82, 2.24) is 15.2 Å². The van der Waals surface area contributed by atoms with Crippen LogP contribution in [0.25, 0.3) is 28.1 Å². The van der Waals surface area contributed by atoms with Crippen LogP contribution in [0.15, 0.2) is 104 Å².